The minimum Gasteiger partial charge on any atom is -0.390 e. The second-order valence-corrected chi connectivity index (χ2v) is 6.50. The molecule has 2 aromatic heterocycles. The van der Waals surface area contributed by atoms with Crippen molar-refractivity contribution in [3.05, 3.63) is 34.9 Å². The van der Waals surface area contributed by atoms with E-state index in [-0.39, 0.29) is 12.6 Å². The van der Waals surface area contributed by atoms with Crippen molar-refractivity contribution < 1.29 is 5.11 Å². The number of rotatable bonds is 5. The smallest absolute Gasteiger partial charge is 0.120 e. The first kappa shape index (κ1) is 16.7. The fraction of sp³-hybridized carbons (Fsp3) is 0.588. The highest BCUT2D eigenvalue weighted by molar-refractivity contribution is 5.34. The lowest BCUT2D eigenvalue weighted by molar-refractivity contribution is 0.242. The summed E-state index contributed by atoms with van der Waals surface area (Å²) < 4.78 is 3.82. The molecule has 0 amide bonds. The van der Waals surface area contributed by atoms with Crippen LogP contribution in [-0.4, -0.2) is 30.7 Å². The maximum Gasteiger partial charge on any atom is 0.120 e. The molecular formula is C17H24N6O. The minimum absolute atomic E-state index is 0.0784. The van der Waals surface area contributed by atoms with Gasteiger partial charge in [-0.25, -0.2) is 4.68 Å². The summed E-state index contributed by atoms with van der Waals surface area (Å²) in [5.74, 6) is 0. The summed E-state index contributed by atoms with van der Waals surface area (Å²) in [5.41, 5.74) is 3.58. The molecule has 0 saturated heterocycles. The summed E-state index contributed by atoms with van der Waals surface area (Å²) in [6.07, 6.45) is 6.37. The highest BCUT2D eigenvalue weighted by Crippen LogP contribution is 2.28. The number of hydrogen-bond acceptors (Lipinski definition) is 5. The Morgan fingerprint density at radius 3 is 2.88 bits per heavy atom. The molecule has 3 rings (SSSR count). The van der Waals surface area contributed by atoms with E-state index in [0.717, 1.165) is 30.6 Å². The van der Waals surface area contributed by atoms with Crippen molar-refractivity contribution in [2.24, 2.45) is 7.05 Å². The summed E-state index contributed by atoms with van der Waals surface area (Å²) in [5, 5.41) is 30.2. The predicted molar refractivity (Wildman–Crippen MR) is 88.9 cm³/mol. The maximum atomic E-state index is 9.19. The Balaban J connectivity index is 1.71. The number of aromatic nitrogens is 4. The van der Waals surface area contributed by atoms with Gasteiger partial charge in [0.1, 0.15) is 17.5 Å². The first-order chi connectivity index (χ1) is 11.6. The molecule has 24 heavy (non-hydrogen) atoms. The summed E-state index contributed by atoms with van der Waals surface area (Å²) >= 11 is 0. The number of nitriles is 1. The van der Waals surface area contributed by atoms with Gasteiger partial charge in [0.2, 0.25) is 0 Å². The predicted octanol–water partition coefficient (Wildman–Crippen LogP) is 1.56. The van der Waals surface area contributed by atoms with Gasteiger partial charge >= 0.3 is 0 Å². The van der Waals surface area contributed by atoms with Gasteiger partial charge in [-0.05, 0) is 31.4 Å². The highest BCUT2D eigenvalue weighted by Gasteiger charge is 2.27. The molecule has 0 bridgehead atoms. The van der Waals surface area contributed by atoms with E-state index in [1.807, 2.05) is 35.5 Å². The Morgan fingerprint density at radius 1 is 1.42 bits per heavy atom. The van der Waals surface area contributed by atoms with Gasteiger partial charge in [-0.2, -0.15) is 5.26 Å². The van der Waals surface area contributed by atoms with Crippen LogP contribution in [0.1, 0.15) is 54.4 Å². The van der Waals surface area contributed by atoms with Gasteiger partial charge in [-0.15, -0.1) is 5.10 Å². The lowest BCUT2D eigenvalue weighted by Crippen LogP contribution is -2.39. The van der Waals surface area contributed by atoms with Crippen molar-refractivity contribution in [3.8, 4) is 6.07 Å². The van der Waals surface area contributed by atoms with Crippen molar-refractivity contribution in [1.29, 1.82) is 5.26 Å². The highest BCUT2D eigenvalue weighted by atomic mass is 16.3. The number of nitrogens with one attached hydrogen (secondary N) is 1. The van der Waals surface area contributed by atoms with Crippen LogP contribution in [0.4, 0.5) is 0 Å². The van der Waals surface area contributed by atoms with Crippen LogP contribution in [0.3, 0.4) is 0 Å². The zero-order chi connectivity index (χ0) is 17.1. The van der Waals surface area contributed by atoms with Crippen LogP contribution < -0.4 is 5.32 Å². The molecule has 2 aromatic rings. The molecule has 7 heteroatoms. The molecule has 0 spiro atoms. The molecule has 1 aliphatic rings. The van der Waals surface area contributed by atoms with Gasteiger partial charge in [0.05, 0.1) is 18.8 Å². The summed E-state index contributed by atoms with van der Waals surface area (Å²) in [6, 6.07) is 4.76. The fourth-order valence-corrected chi connectivity index (χ4v) is 3.50. The van der Waals surface area contributed by atoms with Gasteiger partial charge in [-0.1, -0.05) is 18.1 Å². The Morgan fingerprint density at radius 2 is 2.21 bits per heavy atom. The summed E-state index contributed by atoms with van der Waals surface area (Å²) in [4.78, 5) is 0. The molecule has 128 valence electrons. The van der Waals surface area contributed by atoms with Crippen LogP contribution in [0.2, 0.25) is 0 Å². The Bertz CT molecular complexity index is 741. The van der Waals surface area contributed by atoms with Crippen LogP contribution in [-0.2, 0) is 20.2 Å². The number of aliphatic hydroxyl groups excluding tert-OH is 1. The Hall–Kier alpha value is -2.17. The summed E-state index contributed by atoms with van der Waals surface area (Å²) in [7, 11) is 1.92. The molecule has 7 nitrogen and oxygen atoms in total. The lowest BCUT2D eigenvalue weighted by Gasteiger charge is -2.32. The molecule has 2 N–H and O–H groups in total. The van der Waals surface area contributed by atoms with Gasteiger partial charge in [0.15, 0.2) is 0 Å². The van der Waals surface area contributed by atoms with Crippen LogP contribution in [0.25, 0.3) is 0 Å². The third-order valence-corrected chi connectivity index (χ3v) is 5.10. The molecule has 1 fully saturated rings. The zero-order valence-electron chi connectivity index (χ0n) is 14.2. The molecule has 1 aliphatic carbocycles. The molecule has 2 atom stereocenters. The average molecular weight is 328 g/mol. The normalized spacial score (nSPS) is 20.9. The number of hydrogen-bond donors (Lipinski definition) is 2. The Kier molecular flexibility index (Phi) is 4.97. The van der Waals surface area contributed by atoms with E-state index < -0.39 is 0 Å². The minimum atomic E-state index is -0.0784. The molecule has 0 radical (unpaired) electrons. The number of aliphatic hydroxyl groups is 1. The van der Waals surface area contributed by atoms with Crippen LogP contribution in [0.15, 0.2) is 12.3 Å². The quantitative estimate of drug-likeness (QED) is 0.869. The van der Waals surface area contributed by atoms with Crippen molar-refractivity contribution in [2.75, 3.05) is 0 Å². The van der Waals surface area contributed by atoms with E-state index >= 15 is 0 Å². The number of nitrogens with zero attached hydrogens (tertiary/aromatic N) is 5. The topological polar surface area (TPSA) is 91.7 Å². The van der Waals surface area contributed by atoms with Crippen molar-refractivity contribution >= 4 is 0 Å². The van der Waals surface area contributed by atoms with E-state index in [1.165, 1.54) is 12.8 Å². The van der Waals surface area contributed by atoms with E-state index in [1.54, 1.807) is 0 Å². The van der Waals surface area contributed by atoms with Crippen LogP contribution in [0.5, 0.6) is 0 Å². The standard InChI is InChI=1S/C17H24N6O/c1-12-13(7-15(8-18)22(12)2)9-19-16-5-3-4-6-17(16)23-10-14(11-24)20-21-23/h7,10,16-17,19,24H,3-6,9,11H2,1-2H3/t16-,17+/m0/s1. The largest absolute Gasteiger partial charge is 0.390 e. The molecular weight excluding hydrogens is 304 g/mol. The second kappa shape index (κ2) is 7.16. The SMILES string of the molecule is Cc1c(CN[C@H]2CCCC[C@H]2n2cc(CO)nn2)cc(C#N)n1C. The van der Waals surface area contributed by atoms with Crippen molar-refractivity contribution in [1.82, 2.24) is 24.9 Å². The van der Waals surface area contributed by atoms with Gasteiger partial charge in [0, 0.05) is 25.3 Å². The third kappa shape index (κ3) is 3.21. The van der Waals surface area contributed by atoms with Crippen LogP contribution in [0, 0.1) is 18.3 Å². The van der Waals surface area contributed by atoms with Gasteiger partial charge in [-0.3, -0.25) is 0 Å². The first-order valence-corrected chi connectivity index (χ1v) is 8.44. The summed E-state index contributed by atoms with van der Waals surface area (Å²) in [6.45, 7) is 2.70. The first-order valence-electron chi connectivity index (χ1n) is 8.44. The molecule has 2 heterocycles. The maximum absolute atomic E-state index is 9.19. The zero-order valence-corrected chi connectivity index (χ0v) is 14.2. The van der Waals surface area contributed by atoms with Gasteiger partial charge < -0.3 is 15.0 Å². The lowest BCUT2D eigenvalue weighted by atomic mass is 9.90. The van der Waals surface area contributed by atoms with E-state index in [2.05, 4.69) is 21.7 Å². The van der Waals surface area contributed by atoms with E-state index in [0.29, 0.717) is 17.4 Å². The van der Waals surface area contributed by atoms with Crippen molar-refractivity contribution in [2.45, 2.75) is 57.8 Å². The Labute approximate surface area is 141 Å². The fourth-order valence-electron chi connectivity index (χ4n) is 3.50. The molecule has 1 saturated carbocycles. The van der Waals surface area contributed by atoms with E-state index in [9.17, 15) is 5.11 Å². The van der Waals surface area contributed by atoms with E-state index in [4.69, 9.17) is 5.26 Å². The van der Waals surface area contributed by atoms with Crippen molar-refractivity contribution in [3.63, 3.8) is 0 Å². The second-order valence-electron chi connectivity index (χ2n) is 6.50. The molecule has 0 aromatic carbocycles. The molecule has 0 aliphatic heterocycles. The molecule has 0 unspecified atom stereocenters. The monoisotopic (exact) mass is 328 g/mol. The average Bonchev–Trinajstić information content (AvgIpc) is 3.19. The van der Waals surface area contributed by atoms with Gasteiger partial charge in [0.25, 0.3) is 0 Å². The van der Waals surface area contributed by atoms with Crippen LogP contribution >= 0.6 is 0 Å². The third-order valence-electron chi connectivity index (χ3n) is 5.10.